The molecule has 96 valence electrons. The summed E-state index contributed by atoms with van der Waals surface area (Å²) in [5, 5.41) is 0.0652. The van der Waals surface area contributed by atoms with Gasteiger partial charge in [0.05, 0.1) is 6.20 Å². The van der Waals surface area contributed by atoms with E-state index in [4.69, 9.17) is 5.73 Å². The first-order valence-electron chi connectivity index (χ1n) is 5.33. The smallest absolute Gasteiger partial charge is 0.257 e. The van der Waals surface area contributed by atoms with Gasteiger partial charge in [-0.15, -0.1) is 0 Å². The van der Waals surface area contributed by atoms with E-state index in [1.807, 2.05) is 0 Å². The van der Waals surface area contributed by atoms with E-state index in [9.17, 15) is 8.42 Å². The van der Waals surface area contributed by atoms with E-state index in [-0.39, 0.29) is 11.6 Å². The second kappa shape index (κ2) is 4.79. The highest BCUT2D eigenvalue weighted by atomic mass is 32.2. The van der Waals surface area contributed by atoms with Crippen molar-refractivity contribution in [1.82, 2.24) is 14.7 Å². The predicted molar refractivity (Wildman–Crippen MR) is 68.2 cm³/mol. The van der Waals surface area contributed by atoms with Crippen LogP contribution in [0.25, 0.3) is 0 Å². The maximum absolute atomic E-state index is 11.9. The summed E-state index contributed by atoms with van der Waals surface area (Å²) < 4.78 is 26.2. The van der Waals surface area contributed by atoms with Crippen LogP contribution in [0.3, 0.4) is 0 Å². The average molecular weight is 266 g/mol. The molecule has 0 saturated carbocycles. The van der Waals surface area contributed by atoms with Gasteiger partial charge >= 0.3 is 0 Å². The Morgan fingerprint density at radius 3 is 2.56 bits per heavy atom. The lowest BCUT2D eigenvalue weighted by atomic mass is 10.2. The molecule has 2 rings (SSSR count). The number of H-pyrrole nitrogens is 1. The largest absolute Gasteiger partial charge is 0.399 e. The van der Waals surface area contributed by atoms with Crippen molar-refractivity contribution >= 4 is 15.7 Å². The van der Waals surface area contributed by atoms with Gasteiger partial charge in [0.15, 0.2) is 5.03 Å². The molecule has 0 unspecified atom stereocenters. The van der Waals surface area contributed by atoms with Crippen molar-refractivity contribution in [3.63, 3.8) is 0 Å². The lowest BCUT2D eigenvalue weighted by molar-refractivity contribution is 0.578. The fourth-order valence-corrected chi connectivity index (χ4v) is 2.41. The molecule has 4 N–H and O–H groups in total. The van der Waals surface area contributed by atoms with Gasteiger partial charge in [-0.2, -0.15) is 0 Å². The number of hydrogen-bond acceptors (Lipinski definition) is 4. The topological polar surface area (TPSA) is 101 Å². The van der Waals surface area contributed by atoms with Crippen molar-refractivity contribution in [2.75, 3.05) is 5.73 Å². The number of imidazole rings is 1. The standard InChI is InChI=1S/C11H14N4O2S/c1-8-13-7-11(15-8)18(16,17)14-6-9-2-4-10(12)5-3-9/h2-5,7,14H,6,12H2,1H3,(H,13,15). The Morgan fingerprint density at radius 2 is 2.00 bits per heavy atom. The summed E-state index contributed by atoms with van der Waals surface area (Å²) in [4.78, 5) is 6.54. The lowest BCUT2D eigenvalue weighted by Gasteiger charge is -2.05. The van der Waals surface area contributed by atoms with Crippen LogP contribution in [0.1, 0.15) is 11.4 Å². The molecular weight excluding hydrogens is 252 g/mol. The first kappa shape index (κ1) is 12.6. The van der Waals surface area contributed by atoms with E-state index in [0.29, 0.717) is 11.5 Å². The Labute approximate surface area is 105 Å². The van der Waals surface area contributed by atoms with Gasteiger partial charge in [0.1, 0.15) is 5.82 Å². The second-order valence-electron chi connectivity index (χ2n) is 3.90. The van der Waals surface area contributed by atoms with Crippen molar-refractivity contribution in [2.24, 2.45) is 0 Å². The zero-order chi connectivity index (χ0) is 13.2. The van der Waals surface area contributed by atoms with Crippen molar-refractivity contribution in [2.45, 2.75) is 18.5 Å². The molecule has 18 heavy (non-hydrogen) atoms. The Balaban J connectivity index is 2.08. The molecule has 0 aliphatic rings. The van der Waals surface area contributed by atoms with E-state index < -0.39 is 10.0 Å². The molecule has 0 aliphatic carbocycles. The number of nitrogens with two attached hydrogens (primary N) is 1. The zero-order valence-electron chi connectivity index (χ0n) is 9.84. The highest BCUT2D eigenvalue weighted by Crippen LogP contribution is 2.08. The normalized spacial score (nSPS) is 11.6. The SMILES string of the molecule is Cc1ncc(S(=O)(=O)NCc2ccc(N)cc2)[nH]1. The van der Waals surface area contributed by atoms with Crippen LogP contribution in [0.15, 0.2) is 35.5 Å². The van der Waals surface area contributed by atoms with E-state index in [2.05, 4.69) is 14.7 Å². The van der Waals surface area contributed by atoms with E-state index in [1.165, 1.54) is 6.20 Å². The molecule has 0 atom stereocenters. The number of aryl methyl sites for hydroxylation is 1. The second-order valence-corrected chi connectivity index (χ2v) is 5.63. The van der Waals surface area contributed by atoms with Gasteiger partial charge in [-0.3, -0.25) is 0 Å². The minimum absolute atomic E-state index is 0.0652. The zero-order valence-corrected chi connectivity index (χ0v) is 10.7. The fraction of sp³-hybridized carbons (Fsp3) is 0.182. The Hall–Kier alpha value is -1.86. The van der Waals surface area contributed by atoms with Gasteiger partial charge in [-0.25, -0.2) is 18.1 Å². The fourth-order valence-electron chi connectivity index (χ4n) is 1.43. The van der Waals surface area contributed by atoms with E-state index in [0.717, 1.165) is 5.56 Å². The maximum Gasteiger partial charge on any atom is 0.257 e. The Bertz CT molecular complexity index is 631. The van der Waals surface area contributed by atoms with E-state index in [1.54, 1.807) is 31.2 Å². The number of nitrogens with zero attached hydrogens (tertiary/aromatic N) is 1. The van der Waals surface area contributed by atoms with Gasteiger partial charge in [-0.05, 0) is 24.6 Å². The third kappa shape index (κ3) is 2.88. The van der Waals surface area contributed by atoms with Crippen LogP contribution in [0.5, 0.6) is 0 Å². The number of benzene rings is 1. The summed E-state index contributed by atoms with van der Waals surface area (Å²) in [7, 11) is -3.55. The molecule has 1 heterocycles. The lowest BCUT2D eigenvalue weighted by Crippen LogP contribution is -2.23. The molecule has 1 aromatic heterocycles. The summed E-state index contributed by atoms with van der Waals surface area (Å²) in [6.07, 6.45) is 1.29. The predicted octanol–water partition coefficient (Wildman–Crippen LogP) is 0.779. The number of hydrogen-bond donors (Lipinski definition) is 3. The van der Waals surface area contributed by atoms with Gasteiger partial charge in [0.2, 0.25) is 0 Å². The molecule has 6 nitrogen and oxygen atoms in total. The maximum atomic E-state index is 11.9. The Morgan fingerprint density at radius 1 is 1.33 bits per heavy atom. The molecule has 0 fully saturated rings. The number of nitrogens with one attached hydrogen (secondary N) is 2. The molecule has 1 aromatic carbocycles. The summed E-state index contributed by atoms with van der Waals surface area (Å²) >= 11 is 0. The number of rotatable bonds is 4. The molecule has 2 aromatic rings. The molecule has 0 bridgehead atoms. The molecule has 0 saturated heterocycles. The van der Waals surface area contributed by atoms with Crippen LogP contribution < -0.4 is 10.5 Å². The van der Waals surface area contributed by atoms with Crippen molar-refractivity contribution in [3.05, 3.63) is 41.9 Å². The summed E-state index contributed by atoms with van der Waals surface area (Å²) in [5.74, 6) is 0.558. The number of aromatic nitrogens is 2. The van der Waals surface area contributed by atoms with Crippen LogP contribution in [0, 0.1) is 6.92 Å². The average Bonchev–Trinajstić information content (AvgIpc) is 2.76. The summed E-state index contributed by atoms with van der Waals surface area (Å²) in [6, 6.07) is 7.00. The van der Waals surface area contributed by atoms with Crippen LogP contribution in [0.2, 0.25) is 0 Å². The molecule has 7 heteroatoms. The number of anilines is 1. The third-order valence-corrected chi connectivity index (χ3v) is 3.73. The first-order valence-corrected chi connectivity index (χ1v) is 6.81. The van der Waals surface area contributed by atoms with Crippen molar-refractivity contribution in [1.29, 1.82) is 0 Å². The molecule has 0 amide bonds. The van der Waals surface area contributed by atoms with Crippen molar-refractivity contribution in [3.8, 4) is 0 Å². The van der Waals surface area contributed by atoms with Crippen LogP contribution in [-0.4, -0.2) is 18.4 Å². The Kier molecular flexibility index (Phi) is 3.35. The number of aromatic amines is 1. The monoisotopic (exact) mass is 266 g/mol. The quantitative estimate of drug-likeness (QED) is 0.712. The van der Waals surface area contributed by atoms with Crippen LogP contribution in [0.4, 0.5) is 5.69 Å². The van der Waals surface area contributed by atoms with Gasteiger partial charge in [-0.1, -0.05) is 12.1 Å². The summed E-state index contributed by atoms with van der Waals surface area (Å²) in [6.45, 7) is 1.90. The van der Waals surface area contributed by atoms with E-state index >= 15 is 0 Å². The minimum atomic E-state index is -3.55. The first-order chi connectivity index (χ1) is 8.47. The molecule has 0 aliphatic heterocycles. The van der Waals surface area contributed by atoms with Crippen molar-refractivity contribution < 1.29 is 8.42 Å². The van der Waals surface area contributed by atoms with Gasteiger partial charge < -0.3 is 10.7 Å². The number of nitrogen functional groups attached to an aromatic ring is 1. The van der Waals surface area contributed by atoms with Crippen LogP contribution in [-0.2, 0) is 16.6 Å². The molecule has 0 spiro atoms. The highest BCUT2D eigenvalue weighted by molar-refractivity contribution is 7.89. The molecule has 0 radical (unpaired) electrons. The molecular formula is C11H14N4O2S. The highest BCUT2D eigenvalue weighted by Gasteiger charge is 2.15. The van der Waals surface area contributed by atoms with Gasteiger partial charge in [0.25, 0.3) is 10.0 Å². The summed E-state index contributed by atoms with van der Waals surface area (Å²) in [5.41, 5.74) is 7.03. The minimum Gasteiger partial charge on any atom is -0.399 e. The third-order valence-electron chi connectivity index (χ3n) is 2.42. The van der Waals surface area contributed by atoms with Gasteiger partial charge in [0, 0.05) is 12.2 Å². The number of sulfonamides is 1. The van der Waals surface area contributed by atoms with Crippen LogP contribution >= 0.6 is 0 Å².